The predicted octanol–water partition coefficient (Wildman–Crippen LogP) is 2.00. The highest BCUT2D eigenvalue weighted by Crippen LogP contribution is 2.33. The van der Waals surface area contributed by atoms with Crippen molar-refractivity contribution >= 4 is 0 Å². The summed E-state index contributed by atoms with van der Waals surface area (Å²) < 4.78 is 5.69. The van der Waals surface area contributed by atoms with Crippen molar-refractivity contribution in [3.63, 3.8) is 0 Å². The van der Waals surface area contributed by atoms with Gasteiger partial charge in [-0.05, 0) is 51.5 Å². The summed E-state index contributed by atoms with van der Waals surface area (Å²) in [5, 5.41) is 0. The van der Waals surface area contributed by atoms with Crippen molar-refractivity contribution in [1.29, 1.82) is 0 Å². The third kappa shape index (κ3) is 2.83. The molecule has 1 unspecified atom stereocenters. The van der Waals surface area contributed by atoms with Crippen molar-refractivity contribution in [2.45, 2.75) is 57.0 Å². The van der Waals surface area contributed by atoms with E-state index in [0.717, 1.165) is 38.1 Å². The monoisotopic (exact) mass is 240 g/mol. The zero-order valence-electron chi connectivity index (χ0n) is 11.5. The number of hydrogen-bond acceptors (Lipinski definition) is 3. The standard InChI is InChI=1S/C14H28N2O/c1-12-4-6-13(7-5-12)16(2)14(10-15)8-3-9-17-11-14/h12-13H,3-11,15H2,1-2H3. The fourth-order valence-electron chi connectivity index (χ4n) is 3.44. The Morgan fingerprint density at radius 3 is 2.53 bits per heavy atom. The van der Waals surface area contributed by atoms with Gasteiger partial charge in [0.1, 0.15) is 0 Å². The van der Waals surface area contributed by atoms with E-state index < -0.39 is 0 Å². The maximum atomic E-state index is 6.05. The van der Waals surface area contributed by atoms with Crippen LogP contribution in [0.2, 0.25) is 0 Å². The molecule has 0 bridgehead atoms. The van der Waals surface area contributed by atoms with E-state index in [1.807, 2.05) is 0 Å². The van der Waals surface area contributed by atoms with E-state index in [2.05, 4.69) is 18.9 Å². The van der Waals surface area contributed by atoms with Crippen LogP contribution in [-0.4, -0.2) is 43.3 Å². The normalized spacial score (nSPS) is 39.5. The summed E-state index contributed by atoms with van der Waals surface area (Å²) >= 11 is 0. The summed E-state index contributed by atoms with van der Waals surface area (Å²) in [5.41, 5.74) is 6.17. The van der Waals surface area contributed by atoms with E-state index in [-0.39, 0.29) is 5.54 Å². The van der Waals surface area contributed by atoms with Gasteiger partial charge in [-0.1, -0.05) is 6.92 Å². The van der Waals surface area contributed by atoms with E-state index in [1.54, 1.807) is 0 Å². The molecule has 2 N–H and O–H groups in total. The second-order valence-electron chi connectivity index (χ2n) is 6.11. The number of rotatable bonds is 3. The molecule has 0 amide bonds. The highest BCUT2D eigenvalue weighted by Gasteiger charge is 2.39. The largest absolute Gasteiger partial charge is 0.379 e. The molecule has 0 radical (unpaired) electrons. The van der Waals surface area contributed by atoms with Crippen molar-refractivity contribution in [3.8, 4) is 0 Å². The Labute approximate surface area is 106 Å². The van der Waals surface area contributed by atoms with Gasteiger partial charge in [0.15, 0.2) is 0 Å². The van der Waals surface area contributed by atoms with Gasteiger partial charge in [-0.3, -0.25) is 4.90 Å². The molecule has 3 nitrogen and oxygen atoms in total. The molecule has 1 atom stereocenters. The lowest BCUT2D eigenvalue weighted by atomic mass is 9.82. The van der Waals surface area contributed by atoms with Gasteiger partial charge >= 0.3 is 0 Å². The van der Waals surface area contributed by atoms with Crippen molar-refractivity contribution in [3.05, 3.63) is 0 Å². The van der Waals surface area contributed by atoms with Crippen LogP contribution in [0.5, 0.6) is 0 Å². The lowest BCUT2D eigenvalue weighted by molar-refractivity contribution is -0.0579. The molecule has 0 aromatic heterocycles. The Kier molecular flexibility index (Phi) is 4.45. The molecular formula is C14H28N2O. The number of nitrogens with zero attached hydrogens (tertiary/aromatic N) is 1. The number of hydrogen-bond donors (Lipinski definition) is 1. The van der Waals surface area contributed by atoms with Crippen LogP contribution < -0.4 is 5.73 Å². The fraction of sp³-hybridized carbons (Fsp3) is 1.00. The number of likely N-dealkylation sites (N-methyl/N-ethyl adjacent to an activating group) is 1. The summed E-state index contributed by atoms with van der Waals surface area (Å²) in [6.45, 7) is 4.84. The lowest BCUT2D eigenvalue weighted by Gasteiger charge is -2.48. The van der Waals surface area contributed by atoms with E-state index in [0.29, 0.717) is 0 Å². The first-order valence-corrected chi connectivity index (χ1v) is 7.19. The van der Waals surface area contributed by atoms with Crippen LogP contribution in [-0.2, 0) is 4.74 Å². The van der Waals surface area contributed by atoms with Crippen molar-refractivity contribution in [1.82, 2.24) is 4.90 Å². The minimum absolute atomic E-state index is 0.115. The smallest absolute Gasteiger partial charge is 0.0662 e. The Balaban J connectivity index is 1.98. The molecule has 2 fully saturated rings. The maximum Gasteiger partial charge on any atom is 0.0662 e. The van der Waals surface area contributed by atoms with Crippen LogP contribution in [0.15, 0.2) is 0 Å². The van der Waals surface area contributed by atoms with Crippen LogP contribution in [0.25, 0.3) is 0 Å². The molecule has 2 rings (SSSR count). The highest BCUT2D eigenvalue weighted by atomic mass is 16.5. The summed E-state index contributed by atoms with van der Waals surface area (Å²) in [7, 11) is 2.27. The predicted molar refractivity (Wildman–Crippen MR) is 71.0 cm³/mol. The molecule has 100 valence electrons. The topological polar surface area (TPSA) is 38.5 Å². The van der Waals surface area contributed by atoms with Gasteiger partial charge in [0.05, 0.1) is 12.1 Å². The van der Waals surface area contributed by atoms with Crippen molar-refractivity contribution < 1.29 is 4.74 Å². The maximum absolute atomic E-state index is 6.05. The van der Waals surface area contributed by atoms with Gasteiger partial charge in [-0.15, -0.1) is 0 Å². The first kappa shape index (κ1) is 13.3. The summed E-state index contributed by atoms with van der Waals surface area (Å²) in [6, 6.07) is 0.719. The Hall–Kier alpha value is -0.120. The Bertz CT molecular complexity index is 230. The van der Waals surface area contributed by atoms with E-state index in [1.165, 1.54) is 32.1 Å². The summed E-state index contributed by atoms with van der Waals surface area (Å²) in [5.74, 6) is 0.913. The molecule has 1 heterocycles. The van der Waals surface area contributed by atoms with Crippen LogP contribution in [0.4, 0.5) is 0 Å². The summed E-state index contributed by atoms with van der Waals surface area (Å²) in [6.07, 6.45) is 7.77. The van der Waals surface area contributed by atoms with Gasteiger partial charge in [-0.25, -0.2) is 0 Å². The molecule has 0 aromatic carbocycles. The van der Waals surface area contributed by atoms with Gasteiger partial charge in [0.25, 0.3) is 0 Å². The van der Waals surface area contributed by atoms with Gasteiger partial charge < -0.3 is 10.5 Å². The van der Waals surface area contributed by atoms with Crippen LogP contribution in [0, 0.1) is 5.92 Å². The molecule has 1 aliphatic carbocycles. The first-order chi connectivity index (χ1) is 8.18. The van der Waals surface area contributed by atoms with Crippen LogP contribution >= 0.6 is 0 Å². The van der Waals surface area contributed by atoms with Gasteiger partial charge in [0.2, 0.25) is 0 Å². The molecule has 1 saturated carbocycles. The lowest BCUT2D eigenvalue weighted by Crippen LogP contribution is -2.60. The molecule has 0 aromatic rings. The molecule has 0 spiro atoms. The molecule has 3 heteroatoms. The molecule has 2 aliphatic rings. The second-order valence-corrected chi connectivity index (χ2v) is 6.11. The molecule has 1 aliphatic heterocycles. The minimum atomic E-state index is 0.115. The minimum Gasteiger partial charge on any atom is -0.379 e. The quantitative estimate of drug-likeness (QED) is 0.820. The fourth-order valence-corrected chi connectivity index (χ4v) is 3.44. The first-order valence-electron chi connectivity index (χ1n) is 7.19. The van der Waals surface area contributed by atoms with E-state index in [4.69, 9.17) is 10.5 Å². The van der Waals surface area contributed by atoms with Gasteiger partial charge in [-0.2, -0.15) is 0 Å². The van der Waals surface area contributed by atoms with Crippen LogP contribution in [0.1, 0.15) is 45.4 Å². The molecular weight excluding hydrogens is 212 g/mol. The molecule has 1 saturated heterocycles. The Morgan fingerprint density at radius 2 is 2.00 bits per heavy atom. The third-order valence-electron chi connectivity index (χ3n) is 4.96. The third-order valence-corrected chi connectivity index (χ3v) is 4.96. The molecule has 17 heavy (non-hydrogen) atoms. The zero-order valence-corrected chi connectivity index (χ0v) is 11.5. The van der Waals surface area contributed by atoms with Gasteiger partial charge in [0, 0.05) is 19.2 Å². The van der Waals surface area contributed by atoms with Crippen molar-refractivity contribution in [2.24, 2.45) is 11.7 Å². The zero-order chi connectivity index (χ0) is 12.3. The highest BCUT2D eigenvalue weighted by molar-refractivity contribution is 4.96. The SMILES string of the molecule is CC1CCC(N(C)C2(CN)CCCOC2)CC1. The van der Waals surface area contributed by atoms with E-state index in [9.17, 15) is 0 Å². The number of ether oxygens (including phenoxy) is 1. The van der Waals surface area contributed by atoms with Crippen molar-refractivity contribution in [2.75, 3.05) is 26.8 Å². The average Bonchev–Trinajstić information content (AvgIpc) is 2.39. The van der Waals surface area contributed by atoms with E-state index >= 15 is 0 Å². The Morgan fingerprint density at radius 1 is 1.29 bits per heavy atom. The summed E-state index contributed by atoms with van der Waals surface area (Å²) in [4.78, 5) is 2.55. The van der Waals surface area contributed by atoms with Crippen LogP contribution in [0.3, 0.4) is 0 Å². The number of nitrogens with two attached hydrogens (primary N) is 1. The second kappa shape index (κ2) is 5.68. The average molecular weight is 240 g/mol.